The van der Waals surface area contributed by atoms with Gasteiger partial charge in [-0.3, -0.25) is 9.59 Å². The molecule has 1 unspecified atom stereocenters. The highest BCUT2D eigenvalue weighted by atomic mass is 35.5. The summed E-state index contributed by atoms with van der Waals surface area (Å²) < 4.78 is 0. The van der Waals surface area contributed by atoms with Crippen LogP contribution in [0.25, 0.3) is 0 Å². The Bertz CT molecular complexity index is 858. The quantitative estimate of drug-likeness (QED) is 0.626. The molecule has 0 saturated carbocycles. The second kappa shape index (κ2) is 10.8. The van der Waals surface area contributed by atoms with Crippen LogP contribution in [0.15, 0.2) is 29.6 Å². The summed E-state index contributed by atoms with van der Waals surface area (Å²) in [7, 11) is 0. The summed E-state index contributed by atoms with van der Waals surface area (Å²) in [5, 5.41) is 22.4. The van der Waals surface area contributed by atoms with Crippen LogP contribution in [-0.2, 0) is 22.4 Å². The standard InChI is InChI=1S/C18H21ClN2S.C4H6O4/c19-15-6-5-13-7-9-20-10-8-14(13)18(15)21-11-1-3-16(21)17-4-2-12-22-17;5-3(6)1-2-4(7)8/h2,4-6,12,16,20H,1,3,7-11H2;1-2H2,(H,5,6)(H,7,8). The second-order valence-electron chi connectivity index (χ2n) is 7.44. The maximum Gasteiger partial charge on any atom is 0.303 e. The van der Waals surface area contributed by atoms with Gasteiger partial charge in [0.1, 0.15) is 0 Å². The van der Waals surface area contributed by atoms with Crippen LogP contribution in [0.3, 0.4) is 0 Å². The van der Waals surface area contributed by atoms with Gasteiger partial charge < -0.3 is 20.4 Å². The van der Waals surface area contributed by atoms with Gasteiger partial charge in [0.05, 0.1) is 29.6 Å². The average molecular weight is 451 g/mol. The zero-order valence-corrected chi connectivity index (χ0v) is 18.3. The van der Waals surface area contributed by atoms with Gasteiger partial charge in [0.25, 0.3) is 0 Å². The number of hydrogen-bond acceptors (Lipinski definition) is 5. The van der Waals surface area contributed by atoms with Crippen molar-refractivity contribution >= 4 is 40.6 Å². The molecule has 1 saturated heterocycles. The lowest BCUT2D eigenvalue weighted by Gasteiger charge is -2.30. The third-order valence-corrected chi connectivity index (χ3v) is 6.70. The largest absolute Gasteiger partial charge is 0.481 e. The van der Waals surface area contributed by atoms with Gasteiger partial charge in [0.2, 0.25) is 0 Å². The van der Waals surface area contributed by atoms with Crippen molar-refractivity contribution in [1.29, 1.82) is 0 Å². The van der Waals surface area contributed by atoms with Crippen molar-refractivity contribution in [2.45, 2.75) is 44.6 Å². The monoisotopic (exact) mass is 450 g/mol. The minimum atomic E-state index is -1.08. The number of benzene rings is 1. The van der Waals surface area contributed by atoms with Crippen LogP contribution in [0.4, 0.5) is 5.69 Å². The van der Waals surface area contributed by atoms with Gasteiger partial charge in [-0.2, -0.15) is 0 Å². The summed E-state index contributed by atoms with van der Waals surface area (Å²) in [6, 6.07) is 9.26. The molecule has 8 heteroatoms. The lowest BCUT2D eigenvalue weighted by molar-refractivity contribution is -0.143. The summed E-state index contributed by atoms with van der Waals surface area (Å²) in [6.07, 6.45) is 4.08. The number of nitrogens with one attached hydrogen (secondary N) is 1. The Morgan fingerprint density at radius 3 is 2.53 bits per heavy atom. The van der Waals surface area contributed by atoms with E-state index in [0.717, 1.165) is 37.5 Å². The number of rotatable bonds is 5. The van der Waals surface area contributed by atoms with Crippen molar-refractivity contribution in [1.82, 2.24) is 5.32 Å². The summed E-state index contributed by atoms with van der Waals surface area (Å²) in [5.41, 5.74) is 4.25. The smallest absolute Gasteiger partial charge is 0.303 e. The molecular weight excluding hydrogens is 424 g/mol. The molecular formula is C22H27ClN2O4S. The number of aliphatic carboxylic acids is 2. The number of carbonyl (C=O) groups is 2. The number of carboxylic acids is 2. The van der Waals surface area contributed by atoms with Gasteiger partial charge in [-0.05, 0) is 67.4 Å². The molecule has 1 aromatic heterocycles. The van der Waals surface area contributed by atoms with E-state index in [9.17, 15) is 9.59 Å². The molecule has 30 heavy (non-hydrogen) atoms. The second-order valence-corrected chi connectivity index (χ2v) is 8.82. The van der Waals surface area contributed by atoms with E-state index in [1.807, 2.05) is 11.3 Å². The molecule has 3 N–H and O–H groups in total. The summed E-state index contributed by atoms with van der Waals surface area (Å²) >= 11 is 8.53. The lowest BCUT2D eigenvalue weighted by atomic mass is 9.99. The molecule has 0 bridgehead atoms. The molecule has 162 valence electrons. The first kappa shape index (κ1) is 22.6. The third-order valence-electron chi connectivity index (χ3n) is 5.42. The minimum absolute atomic E-state index is 0.296. The van der Waals surface area contributed by atoms with Gasteiger partial charge >= 0.3 is 11.9 Å². The number of halogens is 1. The van der Waals surface area contributed by atoms with Crippen molar-refractivity contribution in [2.75, 3.05) is 24.5 Å². The molecule has 0 radical (unpaired) electrons. The van der Waals surface area contributed by atoms with Crippen LogP contribution in [0.1, 0.15) is 47.7 Å². The van der Waals surface area contributed by atoms with Crippen LogP contribution in [-0.4, -0.2) is 41.8 Å². The Morgan fingerprint density at radius 1 is 1.13 bits per heavy atom. The third kappa shape index (κ3) is 5.74. The van der Waals surface area contributed by atoms with E-state index < -0.39 is 11.9 Å². The minimum Gasteiger partial charge on any atom is -0.481 e. The van der Waals surface area contributed by atoms with Gasteiger partial charge in [-0.1, -0.05) is 23.7 Å². The predicted molar refractivity (Wildman–Crippen MR) is 120 cm³/mol. The molecule has 1 fully saturated rings. The molecule has 2 aromatic rings. The van der Waals surface area contributed by atoms with Crippen LogP contribution in [0, 0.1) is 0 Å². The number of hydrogen-bond donors (Lipinski definition) is 3. The van der Waals surface area contributed by atoms with Gasteiger partial charge in [-0.15, -0.1) is 11.3 Å². The first-order valence-electron chi connectivity index (χ1n) is 10.2. The Labute approximate surface area is 185 Å². The van der Waals surface area contributed by atoms with Crippen LogP contribution >= 0.6 is 22.9 Å². The van der Waals surface area contributed by atoms with Gasteiger partial charge in [0.15, 0.2) is 0 Å². The zero-order valence-electron chi connectivity index (χ0n) is 16.8. The van der Waals surface area contributed by atoms with Crippen molar-refractivity contribution in [3.05, 3.63) is 50.7 Å². The van der Waals surface area contributed by atoms with E-state index in [2.05, 4.69) is 39.9 Å². The number of carboxylic acid groups (broad SMARTS) is 2. The highest BCUT2D eigenvalue weighted by molar-refractivity contribution is 7.10. The molecule has 0 spiro atoms. The fourth-order valence-corrected chi connectivity index (χ4v) is 5.22. The number of anilines is 1. The Balaban J connectivity index is 0.000000275. The Morgan fingerprint density at radius 2 is 1.87 bits per heavy atom. The van der Waals surface area contributed by atoms with Crippen molar-refractivity contribution in [3.8, 4) is 0 Å². The molecule has 1 atom stereocenters. The zero-order chi connectivity index (χ0) is 21.5. The fourth-order valence-electron chi connectivity index (χ4n) is 4.06. The molecule has 0 amide bonds. The molecule has 2 aliphatic rings. The molecule has 4 rings (SSSR count). The maximum absolute atomic E-state index is 9.64. The Hall–Kier alpha value is -2.09. The number of fused-ring (bicyclic) bond motifs is 1. The van der Waals surface area contributed by atoms with Gasteiger partial charge in [0, 0.05) is 11.4 Å². The first-order chi connectivity index (χ1) is 14.5. The molecule has 2 aliphatic heterocycles. The van der Waals surface area contributed by atoms with Crippen LogP contribution in [0.2, 0.25) is 5.02 Å². The van der Waals surface area contributed by atoms with Gasteiger partial charge in [-0.25, -0.2) is 0 Å². The predicted octanol–water partition coefficient (Wildman–Crippen LogP) is 4.37. The summed E-state index contributed by atoms with van der Waals surface area (Å²) in [4.78, 5) is 23.3. The topological polar surface area (TPSA) is 89.9 Å². The van der Waals surface area contributed by atoms with Crippen molar-refractivity contribution in [2.24, 2.45) is 0 Å². The summed E-state index contributed by atoms with van der Waals surface area (Å²) in [6.45, 7) is 3.24. The number of nitrogens with zero attached hydrogens (tertiary/aromatic N) is 1. The normalized spacial score (nSPS) is 18.2. The van der Waals surface area contributed by atoms with Crippen LogP contribution < -0.4 is 10.2 Å². The van der Waals surface area contributed by atoms with Crippen LogP contribution in [0.5, 0.6) is 0 Å². The highest BCUT2D eigenvalue weighted by Crippen LogP contribution is 2.43. The van der Waals surface area contributed by atoms with E-state index in [4.69, 9.17) is 21.8 Å². The molecule has 6 nitrogen and oxygen atoms in total. The first-order valence-corrected chi connectivity index (χ1v) is 11.5. The lowest BCUT2D eigenvalue weighted by Crippen LogP contribution is -2.24. The summed E-state index contributed by atoms with van der Waals surface area (Å²) in [5.74, 6) is -2.15. The molecule has 0 aliphatic carbocycles. The van der Waals surface area contributed by atoms with Crippen molar-refractivity contribution < 1.29 is 19.8 Å². The average Bonchev–Trinajstić information content (AvgIpc) is 3.34. The Kier molecular flexibility index (Phi) is 8.13. The van der Waals surface area contributed by atoms with Crippen molar-refractivity contribution in [3.63, 3.8) is 0 Å². The van der Waals surface area contributed by atoms with E-state index in [1.54, 1.807) is 0 Å². The van der Waals surface area contributed by atoms with E-state index in [1.165, 1.54) is 34.5 Å². The molecule has 1 aromatic carbocycles. The van der Waals surface area contributed by atoms with E-state index >= 15 is 0 Å². The number of thiophene rings is 1. The maximum atomic E-state index is 9.64. The SMILES string of the molecule is Clc1ccc2c(c1N1CCCC1c1cccs1)CCNCC2.O=C(O)CCC(=O)O. The molecule has 3 heterocycles. The highest BCUT2D eigenvalue weighted by Gasteiger charge is 2.30. The fraction of sp³-hybridized carbons (Fsp3) is 0.455. The van der Waals surface area contributed by atoms with E-state index in [-0.39, 0.29) is 12.8 Å². The van der Waals surface area contributed by atoms with E-state index in [0.29, 0.717) is 6.04 Å².